The van der Waals surface area contributed by atoms with Crippen LogP contribution in [0.4, 0.5) is 0 Å². The minimum atomic E-state index is 1.32. The summed E-state index contributed by atoms with van der Waals surface area (Å²) in [4.78, 5) is 0. The van der Waals surface area contributed by atoms with Gasteiger partial charge in [-0.3, -0.25) is 0 Å². The van der Waals surface area contributed by atoms with Gasteiger partial charge in [-0.2, -0.15) is 0 Å². The van der Waals surface area contributed by atoms with E-state index in [2.05, 4.69) is 80.9 Å². The van der Waals surface area contributed by atoms with Gasteiger partial charge in [0.05, 0.1) is 0 Å². The maximum absolute atomic E-state index is 2.31. The van der Waals surface area contributed by atoms with Crippen molar-refractivity contribution in [2.24, 2.45) is 0 Å². The molecule has 0 N–H and O–H groups in total. The molecule has 4 rings (SSSR count). The van der Waals surface area contributed by atoms with Crippen LogP contribution in [-0.4, -0.2) is 0 Å². The lowest BCUT2D eigenvalue weighted by Gasteiger charge is -2.14. The van der Waals surface area contributed by atoms with E-state index >= 15 is 0 Å². The van der Waals surface area contributed by atoms with Crippen molar-refractivity contribution >= 4 is 22.4 Å². The Morgan fingerprint density at radius 1 is 0.762 bits per heavy atom. The number of allylic oxidation sites excluding steroid dienone is 1. The van der Waals surface area contributed by atoms with E-state index < -0.39 is 0 Å². The molecule has 0 aliphatic heterocycles. The second-order valence-corrected chi connectivity index (χ2v) is 5.79. The van der Waals surface area contributed by atoms with E-state index in [0.29, 0.717) is 0 Å². The van der Waals surface area contributed by atoms with Gasteiger partial charge < -0.3 is 0 Å². The van der Waals surface area contributed by atoms with Crippen LogP contribution in [0.1, 0.15) is 27.8 Å². The number of hydrogen-bond acceptors (Lipinski definition) is 0. The standard InChI is InChI=1S/C21H17/c1-14-11-18-9-5-6-10-20(18)21(15(14)2)19-12-16-7-3-4-8-17(16)13-19/h3-13H,1-2H3. The fourth-order valence-electron chi connectivity index (χ4n) is 3.26. The summed E-state index contributed by atoms with van der Waals surface area (Å²) in [6, 6.07) is 19.5. The molecule has 21 heavy (non-hydrogen) atoms. The molecule has 0 spiro atoms. The largest absolute Gasteiger partial charge is 0.0619 e. The third-order valence-corrected chi connectivity index (χ3v) is 4.48. The average Bonchev–Trinajstić information content (AvgIpc) is 2.92. The van der Waals surface area contributed by atoms with Gasteiger partial charge >= 0.3 is 0 Å². The molecule has 0 nitrogen and oxygen atoms in total. The van der Waals surface area contributed by atoms with Gasteiger partial charge in [-0.15, -0.1) is 0 Å². The van der Waals surface area contributed by atoms with Crippen LogP contribution in [0, 0.1) is 20.3 Å². The highest BCUT2D eigenvalue weighted by atomic mass is 14.2. The Bertz CT molecular complexity index is 882. The first-order chi connectivity index (χ1) is 10.2. The van der Waals surface area contributed by atoms with Crippen LogP contribution in [-0.2, 0) is 0 Å². The Balaban J connectivity index is 1.98. The second-order valence-electron chi connectivity index (χ2n) is 5.79. The Hall–Kier alpha value is -2.34. The summed E-state index contributed by atoms with van der Waals surface area (Å²) in [5.41, 5.74) is 8.07. The fourth-order valence-corrected chi connectivity index (χ4v) is 3.26. The van der Waals surface area contributed by atoms with E-state index in [4.69, 9.17) is 0 Å². The van der Waals surface area contributed by atoms with E-state index in [1.54, 1.807) is 0 Å². The second kappa shape index (κ2) is 4.60. The normalized spacial score (nSPS) is 13.3. The monoisotopic (exact) mass is 269 g/mol. The molecule has 0 saturated carbocycles. The molecule has 0 fully saturated rings. The quantitative estimate of drug-likeness (QED) is 0.542. The fraction of sp³-hybridized carbons (Fsp3) is 0.0952. The number of aryl methyl sites for hydroxylation is 1. The molecule has 0 heterocycles. The molecule has 1 radical (unpaired) electrons. The van der Waals surface area contributed by atoms with Crippen molar-refractivity contribution in [1.29, 1.82) is 0 Å². The molecule has 0 aromatic heterocycles. The molecule has 1 aliphatic carbocycles. The first-order valence-corrected chi connectivity index (χ1v) is 7.39. The van der Waals surface area contributed by atoms with Gasteiger partial charge in [0.15, 0.2) is 0 Å². The van der Waals surface area contributed by atoms with Gasteiger partial charge in [0.1, 0.15) is 0 Å². The third kappa shape index (κ3) is 1.91. The average molecular weight is 269 g/mol. The summed E-state index contributed by atoms with van der Waals surface area (Å²) in [6.45, 7) is 4.43. The minimum absolute atomic E-state index is 1.32. The van der Waals surface area contributed by atoms with Crippen LogP contribution in [0.25, 0.3) is 22.4 Å². The summed E-state index contributed by atoms with van der Waals surface area (Å²) >= 11 is 0. The highest BCUT2D eigenvalue weighted by molar-refractivity contribution is 6.05. The van der Waals surface area contributed by atoms with Crippen LogP contribution in [0.3, 0.4) is 0 Å². The molecule has 0 bridgehead atoms. The molecule has 0 atom stereocenters. The van der Waals surface area contributed by atoms with Gasteiger partial charge in [0.25, 0.3) is 0 Å². The highest BCUT2D eigenvalue weighted by Gasteiger charge is 2.18. The zero-order chi connectivity index (χ0) is 14.4. The van der Waals surface area contributed by atoms with Crippen molar-refractivity contribution < 1.29 is 0 Å². The summed E-state index contributed by atoms with van der Waals surface area (Å²) in [5.74, 6) is 0. The van der Waals surface area contributed by atoms with Gasteiger partial charge in [0, 0.05) is 6.42 Å². The van der Waals surface area contributed by atoms with Gasteiger partial charge in [-0.1, -0.05) is 60.7 Å². The maximum Gasteiger partial charge on any atom is 0.0212 e. The first-order valence-electron chi connectivity index (χ1n) is 7.39. The van der Waals surface area contributed by atoms with Crippen molar-refractivity contribution in [3.05, 3.63) is 88.8 Å². The van der Waals surface area contributed by atoms with Crippen molar-refractivity contribution in [2.45, 2.75) is 13.8 Å². The molecule has 1 aliphatic rings. The van der Waals surface area contributed by atoms with Crippen molar-refractivity contribution in [3.8, 4) is 0 Å². The highest BCUT2D eigenvalue weighted by Crippen LogP contribution is 2.38. The minimum Gasteiger partial charge on any atom is -0.0619 e. The van der Waals surface area contributed by atoms with E-state index in [9.17, 15) is 0 Å². The number of fused-ring (bicyclic) bond motifs is 2. The lowest BCUT2D eigenvalue weighted by Crippen LogP contribution is -1.94. The first kappa shape index (κ1) is 12.4. The van der Waals surface area contributed by atoms with E-state index in [1.165, 1.54) is 44.2 Å². The molecular weight excluding hydrogens is 252 g/mol. The molecule has 0 heteroatoms. The molecule has 101 valence electrons. The van der Waals surface area contributed by atoms with Crippen LogP contribution >= 0.6 is 0 Å². The number of rotatable bonds is 1. The Morgan fingerprint density at radius 2 is 1.48 bits per heavy atom. The summed E-state index contributed by atoms with van der Waals surface area (Å²) in [7, 11) is 0. The molecule has 0 saturated heterocycles. The van der Waals surface area contributed by atoms with Crippen molar-refractivity contribution in [1.82, 2.24) is 0 Å². The van der Waals surface area contributed by atoms with E-state index in [1.807, 2.05) is 0 Å². The summed E-state index contributed by atoms with van der Waals surface area (Å²) in [5, 5.41) is 2.66. The van der Waals surface area contributed by atoms with Gasteiger partial charge in [-0.25, -0.2) is 0 Å². The van der Waals surface area contributed by atoms with Crippen LogP contribution in [0.2, 0.25) is 0 Å². The Morgan fingerprint density at radius 3 is 2.29 bits per heavy atom. The topological polar surface area (TPSA) is 0 Å². The van der Waals surface area contributed by atoms with Crippen molar-refractivity contribution in [3.63, 3.8) is 0 Å². The lowest BCUT2D eigenvalue weighted by atomic mass is 9.90. The van der Waals surface area contributed by atoms with Gasteiger partial charge in [0.2, 0.25) is 0 Å². The van der Waals surface area contributed by atoms with Gasteiger partial charge in [-0.05, 0) is 58.0 Å². The Kier molecular flexibility index (Phi) is 2.71. The third-order valence-electron chi connectivity index (χ3n) is 4.48. The lowest BCUT2D eigenvalue weighted by molar-refractivity contribution is 1.34. The zero-order valence-electron chi connectivity index (χ0n) is 12.4. The van der Waals surface area contributed by atoms with Crippen LogP contribution in [0.5, 0.6) is 0 Å². The van der Waals surface area contributed by atoms with Crippen molar-refractivity contribution in [2.75, 3.05) is 0 Å². The molecule has 0 unspecified atom stereocenters. The predicted octanol–water partition coefficient (Wildman–Crippen LogP) is 5.56. The maximum atomic E-state index is 2.31. The van der Waals surface area contributed by atoms with E-state index in [-0.39, 0.29) is 0 Å². The molecule has 3 aromatic rings. The van der Waals surface area contributed by atoms with Crippen LogP contribution in [0.15, 0.2) is 54.6 Å². The zero-order valence-corrected chi connectivity index (χ0v) is 12.4. The molecule has 0 amide bonds. The van der Waals surface area contributed by atoms with E-state index in [0.717, 1.165) is 0 Å². The molecule has 3 aromatic carbocycles. The summed E-state index contributed by atoms with van der Waals surface area (Å²) < 4.78 is 0. The SMILES string of the molecule is Cc1cc2ccccc2c(C2=Cc3ccccc3[CH]2)c1C. The smallest absolute Gasteiger partial charge is 0.0212 e. The Labute approximate surface area is 125 Å². The summed E-state index contributed by atoms with van der Waals surface area (Å²) in [6.07, 6.45) is 4.62. The predicted molar refractivity (Wildman–Crippen MR) is 91.1 cm³/mol. The number of hydrogen-bond donors (Lipinski definition) is 0. The molecular formula is C21H17. The van der Waals surface area contributed by atoms with Crippen LogP contribution < -0.4 is 0 Å². The number of benzene rings is 3.